The first-order valence-corrected chi connectivity index (χ1v) is 4.35. The third kappa shape index (κ3) is 2.04. The van der Waals surface area contributed by atoms with Gasteiger partial charge in [-0.05, 0) is 12.1 Å². The Labute approximate surface area is 81.8 Å². The zero-order chi connectivity index (χ0) is 9.64. The van der Waals surface area contributed by atoms with Crippen molar-refractivity contribution in [2.24, 2.45) is 0 Å². The topological polar surface area (TPSA) is 26.3 Å². The van der Waals surface area contributed by atoms with Gasteiger partial charge in [0.15, 0.2) is 0 Å². The molecule has 0 atom stereocenters. The fraction of sp³-hybridized carbons (Fsp3) is 0. The Balaban J connectivity index is 0.000000128. The van der Waals surface area contributed by atoms with Gasteiger partial charge in [0.1, 0.15) is 0 Å². The molecular formula is C12H10O2. The molecule has 14 heavy (non-hydrogen) atoms. The summed E-state index contributed by atoms with van der Waals surface area (Å²) in [5.41, 5.74) is 0. The number of hydrogen-bond donors (Lipinski definition) is 0. The van der Waals surface area contributed by atoms with Crippen LogP contribution in [0.25, 0.3) is 10.8 Å². The molecule has 1 aromatic carbocycles. The first-order valence-electron chi connectivity index (χ1n) is 4.35. The minimum Gasteiger partial charge on any atom is -0.473 e. The van der Waals surface area contributed by atoms with E-state index in [-0.39, 0.29) is 0 Å². The first-order chi connectivity index (χ1) is 6.97. The molecule has 70 valence electrons. The fourth-order valence-corrected chi connectivity index (χ4v) is 1.13. The van der Waals surface area contributed by atoms with Crippen LogP contribution in [0.5, 0.6) is 0 Å². The smallest absolute Gasteiger partial charge is 0.0981 e. The average Bonchev–Trinajstić information content (AvgIpc) is 2.92. The van der Waals surface area contributed by atoms with E-state index in [1.807, 2.05) is 36.4 Å². The van der Waals surface area contributed by atoms with Gasteiger partial charge in [-0.25, -0.2) is 0 Å². The van der Waals surface area contributed by atoms with Gasteiger partial charge in [-0.1, -0.05) is 24.3 Å². The summed E-state index contributed by atoms with van der Waals surface area (Å²) in [6.07, 6.45) is 6.74. The van der Waals surface area contributed by atoms with Gasteiger partial charge in [0.2, 0.25) is 0 Å². The number of furan rings is 2. The Morgan fingerprint density at radius 2 is 1.21 bits per heavy atom. The van der Waals surface area contributed by atoms with Crippen LogP contribution in [0.2, 0.25) is 0 Å². The molecule has 0 saturated carbocycles. The summed E-state index contributed by atoms with van der Waals surface area (Å²) in [6.45, 7) is 0. The van der Waals surface area contributed by atoms with Crippen molar-refractivity contribution in [1.82, 2.24) is 0 Å². The fourth-order valence-electron chi connectivity index (χ4n) is 1.13. The molecule has 2 heteroatoms. The quantitative estimate of drug-likeness (QED) is 0.535. The van der Waals surface area contributed by atoms with Crippen LogP contribution in [-0.4, -0.2) is 0 Å². The molecule has 0 saturated heterocycles. The third-order valence-corrected chi connectivity index (χ3v) is 1.81. The highest BCUT2D eigenvalue weighted by Crippen LogP contribution is 2.12. The molecule has 0 unspecified atom stereocenters. The molecular weight excluding hydrogens is 176 g/mol. The second kappa shape index (κ2) is 4.33. The molecule has 0 fully saturated rings. The van der Waals surface area contributed by atoms with Gasteiger partial charge in [0.25, 0.3) is 0 Å². The van der Waals surface area contributed by atoms with Crippen molar-refractivity contribution in [2.45, 2.75) is 0 Å². The predicted octanol–water partition coefficient (Wildman–Crippen LogP) is 3.71. The standard InChI is InChI=1S/C8H6O.C4H4O/c1-2-4-8-6-9-5-7(8)3-1;1-2-4-5-3-1/h1-6H;1-4H. The van der Waals surface area contributed by atoms with Gasteiger partial charge in [0, 0.05) is 10.8 Å². The van der Waals surface area contributed by atoms with Crippen LogP contribution in [0.3, 0.4) is 0 Å². The number of rotatable bonds is 0. The van der Waals surface area contributed by atoms with E-state index in [1.165, 1.54) is 0 Å². The molecule has 0 aliphatic carbocycles. The Morgan fingerprint density at radius 3 is 1.64 bits per heavy atom. The zero-order valence-corrected chi connectivity index (χ0v) is 7.59. The van der Waals surface area contributed by atoms with Crippen LogP contribution in [0.1, 0.15) is 0 Å². The van der Waals surface area contributed by atoms with Gasteiger partial charge in [-0.15, -0.1) is 0 Å². The average molecular weight is 186 g/mol. The summed E-state index contributed by atoms with van der Waals surface area (Å²) in [4.78, 5) is 0. The van der Waals surface area contributed by atoms with Gasteiger partial charge in [0.05, 0.1) is 25.1 Å². The highest BCUT2D eigenvalue weighted by molar-refractivity contribution is 5.80. The summed E-state index contributed by atoms with van der Waals surface area (Å²) in [5.74, 6) is 0. The second-order valence-corrected chi connectivity index (χ2v) is 2.79. The molecule has 0 spiro atoms. The maximum Gasteiger partial charge on any atom is 0.0981 e. The molecule has 2 aromatic heterocycles. The summed E-state index contributed by atoms with van der Waals surface area (Å²) >= 11 is 0. The van der Waals surface area contributed by atoms with Crippen LogP contribution >= 0.6 is 0 Å². The summed E-state index contributed by atoms with van der Waals surface area (Å²) < 4.78 is 9.55. The van der Waals surface area contributed by atoms with Crippen LogP contribution in [0, 0.1) is 0 Å². The number of fused-ring (bicyclic) bond motifs is 1. The lowest BCUT2D eigenvalue weighted by molar-refractivity contribution is 0.567. The minimum atomic E-state index is 1.16. The Bertz CT molecular complexity index is 418. The highest BCUT2D eigenvalue weighted by atomic mass is 16.3. The number of benzene rings is 1. The molecule has 3 rings (SSSR count). The van der Waals surface area contributed by atoms with E-state index in [4.69, 9.17) is 4.42 Å². The van der Waals surface area contributed by atoms with Crippen LogP contribution in [0.4, 0.5) is 0 Å². The monoisotopic (exact) mass is 186 g/mol. The maximum atomic E-state index is 4.96. The molecule has 0 N–H and O–H groups in total. The third-order valence-electron chi connectivity index (χ3n) is 1.81. The Kier molecular flexibility index (Phi) is 2.67. The molecule has 0 radical (unpaired) electrons. The van der Waals surface area contributed by atoms with Crippen molar-refractivity contribution in [3.8, 4) is 0 Å². The Hall–Kier alpha value is -1.96. The van der Waals surface area contributed by atoms with E-state index in [0.717, 1.165) is 10.8 Å². The lowest BCUT2D eigenvalue weighted by atomic mass is 10.2. The number of hydrogen-bond acceptors (Lipinski definition) is 2. The van der Waals surface area contributed by atoms with E-state index in [9.17, 15) is 0 Å². The molecule has 0 bridgehead atoms. The van der Waals surface area contributed by atoms with Crippen molar-refractivity contribution < 1.29 is 8.83 Å². The summed E-state index contributed by atoms with van der Waals surface area (Å²) in [5, 5.41) is 2.33. The molecule has 0 aliphatic rings. The van der Waals surface area contributed by atoms with Crippen LogP contribution in [-0.2, 0) is 0 Å². The van der Waals surface area contributed by atoms with Crippen molar-refractivity contribution in [1.29, 1.82) is 0 Å². The molecule has 2 heterocycles. The minimum absolute atomic E-state index is 1.16. The normalized spacial score (nSPS) is 9.43. The van der Waals surface area contributed by atoms with Crippen molar-refractivity contribution in [2.75, 3.05) is 0 Å². The Morgan fingerprint density at radius 1 is 0.643 bits per heavy atom. The molecule has 3 aromatic rings. The lowest BCUT2D eigenvalue weighted by Gasteiger charge is -1.80. The van der Waals surface area contributed by atoms with Gasteiger partial charge < -0.3 is 8.83 Å². The van der Waals surface area contributed by atoms with Crippen LogP contribution in [0.15, 0.2) is 70.3 Å². The van der Waals surface area contributed by atoms with E-state index in [0.29, 0.717) is 0 Å². The van der Waals surface area contributed by atoms with E-state index < -0.39 is 0 Å². The SMILES string of the molecule is c1ccc2cocc2c1.c1ccoc1. The molecule has 0 amide bonds. The summed E-state index contributed by atoms with van der Waals surface area (Å²) in [7, 11) is 0. The largest absolute Gasteiger partial charge is 0.473 e. The van der Waals surface area contributed by atoms with Crippen LogP contribution < -0.4 is 0 Å². The predicted molar refractivity (Wildman–Crippen MR) is 54.9 cm³/mol. The van der Waals surface area contributed by atoms with Gasteiger partial charge in [-0.3, -0.25) is 0 Å². The van der Waals surface area contributed by atoms with E-state index in [2.05, 4.69) is 4.42 Å². The van der Waals surface area contributed by atoms with E-state index in [1.54, 1.807) is 25.1 Å². The first kappa shape index (κ1) is 8.63. The van der Waals surface area contributed by atoms with Gasteiger partial charge in [-0.2, -0.15) is 0 Å². The summed E-state index contributed by atoms with van der Waals surface area (Å²) in [6, 6.07) is 11.7. The highest BCUT2D eigenvalue weighted by Gasteiger charge is 1.89. The zero-order valence-electron chi connectivity index (χ0n) is 7.59. The lowest BCUT2D eigenvalue weighted by Crippen LogP contribution is -1.57. The van der Waals surface area contributed by atoms with Gasteiger partial charge >= 0.3 is 0 Å². The molecule has 0 aliphatic heterocycles. The van der Waals surface area contributed by atoms with Crippen molar-refractivity contribution in [3.05, 3.63) is 61.5 Å². The maximum absolute atomic E-state index is 4.96. The van der Waals surface area contributed by atoms with Crippen molar-refractivity contribution >= 4 is 10.8 Å². The van der Waals surface area contributed by atoms with Crippen molar-refractivity contribution in [3.63, 3.8) is 0 Å². The second-order valence-electron chi connectivity index (χ2n) is 2.79. The van der Waals surface area contributed by atoms with E-state index >= 15 is 0 Å². The molecule has 2 nitrogen and oxygen atoms in total.